The molecule has 3 rings (SSSR count). The highest BCUT2D eigenvalue weighted by atomic mass is 14.9. The quantitative estimate of drug-likeness (QED) is 0.801. The minimum absolute atomic E-state index is 0.463. The molecular formula is C15H22N2. The number of rotatable bonds is 1. The molecule has 1 aliphatic heterocycles. The van der Waals surface area contributed by atoms with Gasteiger partial charge in [0.15, 0.2) is 0 Å². The van der Waals surface area contributed by atoms with Crippen LogP contribution in [0, 0.1) is 5.41 Å². The van der Waals surface area contributed by atoms with Gasteiger partial charge in [0.2, 0.25) is 0 Å². The average Bonchev–Trinajstić information content (AvgIpc) is 3.04. The maximum absolute atomic E-state index is 4.19. The van der Waals surface area contributed by atoms with E-state index in [4.69, 9.17) is 0 Å². The Hall–Kier alpha value is -1.15. The second-order valence-electron chi connectivity index (χ2n) is 4.70. The van der Waals surface area contributed by atoms with E-state index < -0.39 is 0 Å². The first-order chi connectivity index (χ1) is 8.38. The predicted octanol–water partition coefficient (Wildman–Crippen LogP) is 3.26. The summed E-state index contributed by atoms with van der Waals surface area (Å²) in [5.74, 6) is 0. The molecule has 2 heteroatoms. The van der Waals surface area contributed by atoms with E-state index in [0.717, 1.165) is 6.54 Å². The molecule has 0 amide bonds. The third-order valence-electron chi connectivity index (χ3n) is 3.68. The topological polar surface area (TPSA) is 24.9 Å². The molecular weight excluding hydrogens is 208 g/mol. The number of allylic oxidation sites excluding steroid dienone is 1. The minimum atomic E-state index is 0.463. The summed E-state index contributed by atoms with van der Waals surface area (Å²) in [5.41, 5.74) is 3.26. The molecule has 2 nitrogen and oxygen atoms in total. The summed E-state index contributed by atoms with van der Waals surface area (Å²) in [6, 6.07) is 4.19. The zero-order valence-corrected chi connectivity index (χ0v) is 10.9. The average molecular weight is 230 g/mol. The molecule has 1 saturated heterocycles. The fourth-order valence-corrected chi connectivity index (χ4v) is 2.78. The maximum atomic E-state index is 4.19. The molecule has 1 N–H and O–H groups in total. The van der Waals surface area contributed by atoms with E-state index in [0.29, 0.717) is 5.41 Å². The Morgan fingerprint density at radius 3 is 2.82 bits per heavy atom. The van der Waals surface area contributed by atoms with Crippen LogP contribution in [-0.4, -0.2) is 18.1 Å². The first-order valence-corrected chi connectivity index (χ1v) is 6.71. The molecule has 17 heavy (non-hydrogen) atoms. The number of hydrogen-bond donors (Lipinski definition) is 1. The van der Waals surface area contributed by atoms with Gasteiger partial charge in [-0.1, -0.05) is 26.0 Å². The zero-order chi connectivity index (χ0) is 12.1. The van der Waals surface area contributed by atoms with Gasteiger partial charge < -0.3 is 5.32 Å². The van der Waals surface area contributed by atoms with Crippen molar-refractivity contribution >= 4 is 5.57 Å². The number of aromatic nitrogens is 1. The first-order valence-electron chi connectivity index (χ1n) is 6.71. The Balaban J connectivity index is 0.000000514. The summed E-state index contributed by atoms with van der Waals surface area (Å²) in [6.45, 7) is 6.34. The van der Waals surface area contributed by atoms with Gasteiger partial charge in [-0.2, -0.15) is 0 Å². The SMILES string of the molecule is C1=C(c2cccnc2)CCC12CCNC2.CC. The third kappa shape index (κ3) is 2.58. The maximum Gasteiger partial charge on any atom is 0.0342 e. The van der Waals surface area contributed by atoms with E-state index in [1.165, 1.54) is 36.9 Å². The summed E-state index contributed by atoms with van der Waals surface area (Å²) >= 11 is 0. The molecule has 0 saturated carbocycles. The highest BCUT2D eigenvalue weighted by Crippen LogP contribution is 2.43. The predicted molar refractivity (Wildman–Crippen MR) is 72.7 cm³/mol. The lowest BCUT2D eigenvalue weighted by atomic mass is 9.87. The van der Waals surface area contributed by atoms with Gasteiger partial charge in [0.25, 0.3) is 0 Å². The van der Waals surface area contributed by atoms with E-state index in [9.17, 15) is 0 Å². The van der Waals surface area contributed by atoms with Crippen LogP contribution in [0.1, 0.15) is 38.7 Å². The van der Waals surface area contributed by atoms with Gasteiger partial charge in [-0.25, -0.2) is 0 Å². The lowest BCUT2D eigenvalue weighted by molar-refractivity contribution is 0.419. The van der Waals surface area contributed by atoms with Crippen LogP contribution in [-0.2, 0) is 0 Å². The Labute approximate surface area is 104 Å². The van der Waals surface area contributed by atoms with Crippen LogP contribution in [0.5, 0.6) is 0 Å². The highest BCUT2D eigenvalue weighted by Gasteiger charge is 2.35. The van der Waals surface area contributed by atoms with Gasteiger partial charge in [0, 0.05) is 24.4 Å². The van der Waals surface area contributed by atoms with E-state index in [1.807, 2.05) is 32.3 Å². The van der Waals surface area contributed by atoms with E-state index in [-0.39, 0.29) is 0 Å². The molecule has 1 aromatic heterocycles. The Bertz CT molecular complexity index is 375. The van der Waals surface area contributed by atoms with Crippen molar-refractivity contribution in [3.63, 3.8) is 0 Å². The molecule has 2 aliphatic rings. The number of nitrogens with one attached hydrogen (secondary N) is 1. The normalized spacial score (nSPS) is 26.6. The Morgan fingerprint density at radius 2 is 2.18 bits per heavy atom. The van der Waals surface area contributed by atoms with Gasteiger partial charge in [-0.15, -0.1) is 0 Å². The molecule has 1 atom stereocenters. The zero-order valence-electron chi connectivity index (χ0n) is 10.9. The minimum Gasteiger partial charge on any atom is -0.316 e. The Morgan fingerprint density at radius 1 is 1.29 bits per heavy atom. The van der Waals surface area contributed by atoms with Crippen molar-refractivity contribution < 1.29 is 0 Å². The van der Waals surface area contributed by atoms with E-state index in [2.05, 4.69) is 22.4 Å². The van der Waals surface area contributed by atoms with Crippen LogP contribution in [0.2, 0.25) is 0 Å². The van der Waals surface area contributed by atoms with Crippen molar-refractivity contribution in [2.24, 2.45) is 5.41 Å². The molecule has 1 spiro atoms. The number of hydrogen-bond acceptors (Lipinski definition) is 2. The molecule has 1 aromatic rings. The van der Waals surface area contributed by atoms with Gasteiger partial charge in [0.05, 0.1) is 0 Å². The van der Waals surface area contributed by atoms with Crippen LogP contribution in [0.3, 0.4) is 0 Å². The smallest absolute Gasteiger partial charge is 0.0342 e. The van der Waals surface area contributed by atoms with Crippen LogP contribution in [0.25, 0.3) is 5.57 Å². The largest absolute Gasteiger partial charge is 0.316 e. The molecule has 1 aliphatic carbocycles. The summed E-state index contributed by atoms with van der Waals surface area (Å²) in [4.78, 5) is 4.19. The summed E-state index contributed by atoms with van der Waals surface area (Å²) in [6.07, 6.45) is 10.1. The van der Waals surface area contributed by atoms with Gasteiger partial charge in [-0.3, -0.25) is 4.98 Å². The van der Waals surface area contributed by atoms with Gasteiger partial charge in [0.1, 0.15) is 0 Å². The molecule has 2 heterocycles. The van der Waals surface area contributed by atoms with Crippen molar-refractivity contribution in [1.29, 1.82) is 0 Å². The molecule has 0 bridgehead atoms. The first kappa shape index (κ1) is 12.3. The molecule has 1 fully saturated rings. The lowest BCUT2D eigenvalue weighted by Gasteiger charge is -2.17. The van der Waals surface area contributed by atoms with E-state index >= 15 is 0 Å². The molecule has 92 valence electrons. The van der Waals surface area contributed by atoms with Gasteiger partial charge >= 0.3 is 0 Å². The standard InChI is InChI=1S/C13H16N2.C2H6/c1-2-12(9-14-6-1)11-3-4-13(8-11)5-7-15-10-13;1-2/h1-2,6,8-9,15H,3-5,7,10H2;1-2H3. The second kappa shape index (κ2) is 5.46. The van der Waals surface area contributed by atoms with Crippen molar-refractivity contribution in [1.82, 2.24) is 10.3 Å². The fraction of sp³-hybridized carbons (Fsp3) is 0.533. The summed E-state index contributed by atoms with van der Waals surface area (Å²) < 4.78 is 0. The van der Waals surface area contributed by atoms with Crippen LogP contribution >= 0.6 is 0 Å². The number of nitrogens with zero attached hydrogens (tertiary/aromatic N) is 1. The summed E-state index contributed by atoms with van der Waals surface area (Å²) in [7, 11) is 0. The van der Waals surface area contributed by atoms with Crippen molar-refractivity contribution in [3.8, 4) is 0 Å². The molecule has 0 aromatic carbocycles. The van der Waals surface area contributed by atoms with Crippen molar-refractivity contribution in [3.05, 3.63) is 36.2 Å². The highest BCUT2D eigenvalue weighted by molar-refractivity contribution is 5.68. The van der Waals surface area contributed by atoms with Crippen LogP contribution < -0.4 is 5.32 Å². The second-order valence-corrected chi connectivity index (χ2v) is 4.70. The summed E-state index contributed by atoms with van der Waals surface area (Å²) in [5, 5.41) is 3.47. The molecule has 1 unspecified atom stereocenters. The van der Waals surface area contributed by atoms with Crippen molar-refractivity contribution in [2.75, 3.05) is 13.1 Å². The fourth-order valence-electron chi connectivity index (χ4n) is 2.78. The van der Waals surface area contributed by atoms with Crippen LogP contribution in [0.15, 0.2) is 30.6 Å². The lowest BCUT2D eigenvalue weighted by Crippen LogP contribution is -2.18. The third-order valence-corrected chi connectivity index (χ3v) is 3.68. The molecule has 0 radical (unpaired) electrons. The number of pyridine rings is 1. The van der Waals surface area contributed by atoms with E-state index in [1.54, 1.807) is 0 Å². The van der Waals surface area contributed by atoms with Crippen LogP contribution in [0.4, 0.5) is 0 Å². The van der Waals surface area contributed by atoms with Crippen molar-refractivity contribution in [2.45, 2.75) is 33.1 Å². The Kier molecular flexibility index (Phi) is 3.95. The van der Waals surface area contributed by atoms with Gasteiger partial charge in [-0.05, 0) is 43.0 Å². The monoisotopic (exact) mass is 230 g/mol.